The lowest BCUT2D eigenvalue weighted by Crippen LogP contribution is -2.19. The zero-order valence-electron chi connectivity index (χ0n) is 10.6. The summed E-state index contributed by atoms with van der Waals surface area (Å²) in [5.74, 6) is 0.620. The Kier molecular flexibility index (Phi) is 5.43. The highest BCUT2D eigenvalue weighted by Crippen LogP contribution is 2.30. The number of hydrogen-bond donors (Lipinski definition) is 1. The van der Waals surface area contributed by atoms with Crippen LogP contribution in [0.25, 0.3) is 0 Å². The van der Waals surface area contributed by atoms with Crippen molar-refractivity contribution in [2.75, 3.05) is 12.8 Å². The zero-order valence-corrected chi connectivity index (χ0v) is 13.0. The Hall–Kier alpha value is -0.840. The fourth-order valence-electron chi connectivity index (χ4n) is 1.82. The molecular weight excluding hydrogens is 325 g/mol. The molecular formula is C15H15BrFNS. The number of benzene rings is 2. The molecule has 0 aliphatic heterocycles. The highest BCUT2D eigenvalue weighted by Gasteiger charge is 2.14. The van der Waals surface area contributed by atoms with Gasteiger partial charge in [0.1, 0.15) is 5.82 Å². The lowest BCUT2D eigenvalue weighted by atomic mass is 10.1. The Bertz CT molecular complexity index is 547. The Labute approximate surface area is 125 Å². The normalized spacial score (nSPS) is 12.4. The van der Waals surface area contributed by atoms with Gasteiger partial charge in [0, 0.05) is 26.7 Å². The first-order chi connectivity index (χ1) is 9.22. The van der Waals surface area contributed by atoms with Gasteiger partial charge in [-0.1, -0.05) is 30.3 Å². The second-order valence-electron chi connectivity index (χ2n) is 4.10. The average molecular weight is 340 g/mol. The molecule has 2 rings (SSSR count). The topological polar surface area (TPSA) is 12.0 Å². The van der Waals surface area contributed by atoms with Gasteiger partial charge in [-0.05, 0) is 41.2 Å². The van der Waals surface area contributed by atoms with Gasteiger partial charge in [0.2, 0.25) is 0 Å². The van der Waals surface area contributed by atoms with Crippen LogP contribution in [-0.4, -0.2) is 12.8 Å². The summed E-state index contributed by atoms with van der Waals surface area (Å²) in [7, 11) is 1.86. The molecule has 0 aromatic heterocycles. The molecule has 0 saturated heterocycles. The van der Waals surface area contributed by atoms with Gasteiger partial charge < -0.3 is 5.32 Å². The molecule has 0 spiro atoms. The van der Waals surface area contributed by atoms with Crippen molar-refractivity contribution < 1.29 is 4.39 Å². The van der Waals surface area contributed by atoms with Crippen molar-refractivity contribution in [3.63, 3.8) is 0 Å². The van der Waals surface area contributed by atoms with Crippen LogP contribution < -0.4 is 5.32 Å². The fraction of sp³-hybridized carbons (Fsp3) is 0.200. The molecule has 0 fully saturated rings. The van der Waals surface area contributed by atoms with Crippen molar-refractivity contribution in [3.8, 4) is 0 Å². The fourth-order valence-corrected chi connectivity index (χ4v) is 3.52. The maximum absolute atomic E-state index is 13.8. The smallest absolute Gasteiger partial charge is 0.128 e. The molecule has 1 nitrogen and oxygen atoms in total. The minimum Gasteiger partial charge on any atom is -0.312 e. The molecule has 0 saturated carbocycles. The zero-order chi connectivity index (χ0) is 13.7. The quantitative estimate of drug-likeness (QED) is 0.796. The van der Waals surface area contributed by atoms with Crippen LogP contribution >= 0.6 is 27.7 Å². The van der Waals surface area contributed by atoms with E-state index >= 15 is 0 Å². The third kappa shape index (κ3) is 3.81. The summed E-state index contributed by atoms with van der Waals surface area (Å²) in [6, 6.07) is 15.0. The van der Waals surface area contributed by atoms with Crippen molar-refractivity contribution in [2.45, 2.75) is 10.9 Å². The summed E-state index contributed by atoms with van der Waals surface area (Å²) in [4.78, 5) is 1.17. The number of halogens is 2. The van der Waals surface area contributed by atoms with Gasteiger partial charge in [-0.2, -0.15) is 0 Å². The summed E-state index contributed by atoms with van der Waals surface area (Å²) in [5.41, 5.74) is 0.713. The summed E-state index contributed by atoms with van der Waals surface area (Å²) in [6.45, 7) is 0. The van der Waals surface area contributed by atoms with Gasteiger partial charge in [0.15, 0.2) is 0 Å². The number of rotatable bonds is 5. The minimum atomic E-state index is -0.158. The molecule has 0 heterocycles. The van der Waals surface area contributed by atoms with Gasteiger partial charge in [-0.3, -0.25) is 0 Å². The van der Waals surface area contributed by atoms with Crippen LogP contribution in [0, 0.1) is 5.82 Å². The Balaban J connectivity index is 2.09. The third-order valence-corrected chi connectivity index (χ3v) is 4.99. The number of thioether (sulfide) groups is 1. The molecule has 0 aliphatic carbocycles. The average Bonchev–Trinajstić information content (AvgIpc) is 2.43. The van der Waals surface area contributed by atoms with Crippen molar-refractivity contribution in [1.82, 2.24) is 5.32 Å². The Morgan fingerprint density at radius 3 is 2.53 bits per heavy atom. The predicted molar refractivity (Wildman–Crippen MR) is 83.1 cm³/mol. The molecule has 1 unspecified atom stereocenters. The predicted octanol–water partition coefficient (Wildman–Crippen LogP) is 4.64. The molecule has 2 aromatic carbocycles. The minimum absolute atomic E-state index is 0.00157. The Morgan fingerprint density at radius 1 is 1.16 bits per heavy atom. The molecule has 0 radical (unpaired) electrons. The second-order valence-corrected chi connectivity index (χ2v) is 6.02. The molecule has 0 amide bonds. The van der Waals surface area contributed by atoms with Crippen LogP contribution in [0.15, 0.2) is 57.9 Å². The third-order valence-electron chi connectivity index (χ3n) is 2.87. The standard InChI is InChI=1S/C15H15BrFNS/c1-18-14(11-6-2-4-8-13(11)17)10-19-15-9-5-3-7-12(15)16/h2-9,14,18H,10H2,1H3. The molecule has 4 heteroatoms. The van der Waals surface area contributed by atoms with Crippen LogP contribution in [0.1, 0.15) is 11.6 Å². The van der Waals surface area contributed by atoms with E-state index in [-0.39, 0.29) is 11.9 Å². The van der Waals surface area contributed by atoms with E-state index in [4.69, 9.17) is 0 Å². The molecule has 100 valence electrons. The highest BCUT2D eigenvalue weighted by atomic mass is 79.9. The van der Waals surface area contributed by atoms with Crippen molar-refractivity contribution in [3.05, 3.63) is 64.4 Å². The van der Waals surface area contributed by atoms with Crippen molar-refractivity contribution in [1.29, 1.82) is 0 Å². The van der Waals surface area contributed by atoms with E-state index < -0.39 is 0 Å². The van der Waals surface area contributed by atoms with E-state index in [1.165, 1.54) is 11.0 Å². The first-order valence-corrected chi connectivity index (χ1v) is 7.79. The van der Waals surface area contributed by atoms with Crippen LogP contribution in [0.2, 0.25) is 0 Å². The highest BCUT2D eigenvalue weighted by molar-refractivity contribution is 9.10. The van der Waals surface area contributed by atoms with Gasteiger partial charge in [0.25, 0.3) is 0 Å². The summed E-state index contributed by atoms with van der Waals surface area (Å²) >= 11 is 5.23. The van der Waals surface area contributed by atoms with Gasteiger partial charge >= 0.3 is 0 Å². The van der Waals surface area contributed by atoms with E-state index in [2.05, 4.69) is 27.3 Å². The molecule has 19 heavy (non-hydrogen) atoms. The van der Waals surface area contributed by atoms with Gasteiger partial charge in [0.05, 0.1) is 0 Å². The molecule has 0 aliphatic rings. The molecule has 0 bridgehead atoms. The molecule has 1 N–H and O–H groups in total. The van der Waals surface area contributed by atoms with E-state index in [0.717, 1.165) is 10.2 Å². The SMILES string of the molecule is CNC(CSc1ccccc1Br)c1ccccc1F. The molecule has 1 atom stereocenters. The van der Waals surface area contributed by atoms with E-state index in [1.807, 2.05) is 37.4 Å². The lowest BCUT2D eigenvalue weighted by Gasteiger charge is -2.17. The van der Waals surface area contributed by atoms with Crippen LogP contribution in [0.3, 0.4) is 0 Å². The maximum atomic E-state index is 13.8. The Morgan fingerprint density at radius 2 is 1.84 bits per heavy atom. The van der Waals surface area contributed by atoms with Crippen molar-refractivity contribution >= 4 is 27.7 Å². The van der Waals surface area contributed by atoms with Crippen LogP contribution in [0.4, 0.5) is 4.39 Å². The maximum Gasteiger partial charge on any atom is 0.128 e. The summed E-state index contributed by atoms with van der Waals surface area (Å²) in [6.07, 6.45) is 0. The van der Waals surface area contributed by atoms with E-state index in [1.54, 1.807) is 17.8 Å². The van der Waals surface area contributed by atoms with Gasteiger partial charge in [-0.25, -0.2) is 4.39 Å². The van der Waals surface area contributed by atoms with E-state index in [0.29, 0.717) is 5.56 Å². The monoisotopic (exact) mass is 339 g/mol. The number of hydrogen-bond acceptors (Lipinski definition) is 2. The largest absolute Gasteiger partial charge is 0.312 e. The number of nitrogens with one attached hydrogen (secondary N) is 1. The second kappa shape index (κ2) is 7.08. The van der Waals surface area contributed by atoms with Crippen molar-refractivity contribution in [2.24, 2.45) is 0 Å². The lowest BCUT2D eigenvalue weighted by molar-refractivity contribution is 0.565. The summed E-state index contributed by atoms with van der Waals surface area (Å²) in [5, 5.41) is 3.17. The van der Waals surface area contributed by atoms with E-state index in [9.17, 15) is 4.39 Å². The first-order valence-electron chi connectivity index (χ1n) is 6.01. The summed E-state index contributed by atoms with van der Waals surface area (Å²) < 4.78 is 14.8. The first kappa shape index (κ1) is 14.6. The van der Waals surface area contributed by atoms with Gasteiger partial charge in [-0.15, -0.1) is 11.8 Å². The van der Waals surface area contributed by atoms with Crippen LogP contribution in [-0.2, 0) is 0 Å². The van der Waals surface area contributed by atoms with Crippen LogP contribution in [0.5, 0.6) is 0 Å². The molecule has 2 aromatic rings.